The third-order valence-electron chi connectivity index (χ3n) is 8.56. The van der Waals surface area contributed by atoms with Gasteiger partial charge in [0.1, 0.15) is 11.1 Å². The molecule has 3 aliphatic rings. The molecule has 3 N–H and O–H groups in total. The zero-order valence-electron chi connectivity index (χ0n) is 26.0. The van der Waals surface area contributed by atoms with Gasteiger partial charge in [0.25, 0.3) is 5.91 Å². The van der Waals surface area contributed by atoms with Crippen LogP contribution in [0.2, 0.25) is 0 Å². The van der Waals surface area contributed by atoms with Crippen LogP contribution in [-0.2, 0) is 19.1 Å². The lowest BCUT2D eigenvalue weighted by atomic mass is 9.81. The normalized spacial score (nSPS) is 19.8. The van der Waals surface area contributed by atoms with E-state index in [1.165, 1.54) is 12.8 Å². The number of rotatable bonds is 9. The van der Waals surface area contributed by atoms with Crippen molar-refractivity contribution in [2.75, 3.05) is 50.8 Å². The first kappa shape index (κ1) is 35.8. The standard InChI is InChI=1S/C23H35N3O3.C9H17NO2.ClH/c1-3-14-25-15-17-26(18-16-25)20-10-8-19(9-11-20)21(27)24-23(22(28)29-4-2)12-6-5-7-13-23;1-2-12-8(11)9(10)6-4-3-5-7-9;/h8-11H,3-7,12-18H2,1-2H3,(H,24,27);2-7,10H2,1H3;1H. The van der Waals surface area contributed by atoms with E-state index >= 15 is 0 Å². The predicted molar refractivity (Wildman–Crippen MR) is 169 cm³/mol. The van der Waals surface area contributed by atoms with Crippen molar-refractivity contribution in [3.8, 4) is 0 Å². The van der Waals surface area contributed by atoms with Crippen molar-refractivity contribution < 1.29 is 23.9 Å². The van der Waals surface area contributed by atoms with Crippen molar-refractivity contribution >= 4 is 35.9 Å². The first-order valence-corrected chi connectivity index (χ1v) is 15.8. The summed E-state index contributed by atoms with van der Waals surface area (Å²) in [4.78, 5) is 41.7. The Labute approximate surface area is 258 Å². The van der Waals surface area contributed by atoms with Gasteiger partial charge in [0.15, 0.2) is 0 Å². The number of anilines is 1. The molecule has 0 spiro atoms. The van der Waals surface area contributed by atoms with Gasteiger partial charge in [0, 0.05) is 37.4 Å². The van der Waals surface area contributed by atoms with Crippen LogP contribution in [0.1, 0.15) is 102 Å². The summed E-state index contributed by atoms with van der Waals surface area (Å²) in [5.74, 6) is -0.710. The first-order chi connectivity index (χ1) is 19.8. The average Bonchev–Trinajstić information content (AvgIpc) is 2.99. The lowest BCUT2D eigenvalue weighted by Gasteiger charge is -2.36. The first-order valence-electron chi connectivity index (χ1n) is 15.8. The lowest BCUT2D eigenvalue weighted by Crippen LogP contribution is -2.56. The maximum Gasteiger partial charge on any atom is 0.331 e. The molecule has 0 bridgehead atoms. The zero-order chi connectivity index (χ0) is 29.7. The summed E-state index contributed by atoms with van der Waals surface area (Å²) in [6.45, 7) is 11.9. The monoisotopic (exact) mass is 608 g/mol. The van der Waals surface area contributed by atoms with E-state index in [4.69, 9.17) is 15.2 Å². The molecule has 3 fully saturated rings. The van der Waals surface area contributed by atoms with Crippen LogP contribution < -0.4 is 16.0 Å². The van der Waals surface area contributed by atoms with Crippen molar-refractivity contribution in [2.24, 2.45) is 5.73 Å². The molecular formula is C32H53ClN4O5. The molecule has 1 amide bonds. The summed E-state index contributed by atoms with van der Waals surface area (Å²) >= 11 is 0. The summed E-state index contributed by atoms with van der Waals surface area (Å²) in [5, 5.41) is 3.02. The zero-order valence-corrected chi connectivity index (χ0v) is 26.8. The highest BCUT2D eigenvalue weighted by Gasteiger charge is 2.42. The Bertz CT molecular complexity index is 970. The van der Waals surface area contributed by atoms with E-state index in [1.807, 2.05) is 31.2 Å². The molecule has 1 aromatic rings. The highest BCUT2D eigenvalue weighted by atomic mass is 35.5. The smallest absolute Gasteiger partial charge is 0.331 e. The van der Waals surface area contributed by atoms with E-state index in [0.717, 1.165) is 83.4 Å². The second kappa shape index (κ2) is 17.7. The molecule has 0 aromatic heterocycles. The number of carbonyl (C=O) groups excluding carboxylic acids is 3. The van der Waals surface area contributed by atoms with Crippen LogP contribution in [0.3, 0.4) is 0 Å². The Kier molecular flexibility index (Phi) is 15.1. The van der Waals surface area contributed by atoms with E-state index in [2.05, 4.69) is 22.0 Å². The van der Waals surface area contributed by atoms with Gasteiger partial charge in [0.05, 0.1) is 13.2 Å². The Morgan fingerprint density at radius 3 is 1.83 bits per heavy atom. The van der Waals surface area contributed by atoms with Crippen LogP contribution in [0.25, 0.3) is 0 Å². The van der Waals surface area contributed by atoms with Gasteiger partial charge in [-0.05, 0) is 76.8 Å². The van der Waals surface area contributed by atoms with Crippen molar-refractivity contribution in [2.45, 2.75) is 102 Å². The molecule has 1 saturated heterocycles. The molecule has 2 aliphatic carbocycles. The number of benzene rings is 1. The maximum atomic E-state index is 12.9. The van der Waals surface area contributed by atoms with E-state index in [0.29, 0.717) is 31.6 Å². The van der Waals surface area contributed by atoms with Gasteiger partial charge in [-0.25, -0.2) is 4.79 Å². The second-order valence-electron chi connectivity index (χ2n) is 11.6. The molecule has 0 unspecified atom stereocenters. The SMILES string of the molecule is CCCN1CCN(c2ccc(C(=O)NC3(C(=O)OCC)CCCCC3)cc2)CC1.CCOC(=O)C1(N)CCCCC1.Cl. The minimum atomic E-state index is -0.875. The van der Waals surface area contributed by atoms with Crippen LogP contribution in [0.4, 0.5) is 5.69 Å². The molecule has 1 aliphatic heterocycles. The molecule has 0 atom stereocenters. The Hall–Kier alpha value is -2.36. The largest absolute Gasteiger partial charge is 0.465 e. The topological polar surface area (TPSA) is 114 Å². The summed E-state index contributed by atoms with van der Waals surface area (Å²) < 4.78 is 10.2. The number of ether oxygens (including phenoxy) is 2. The van der Waals surface area contributed by atoms with Gasteiger partial charge in [-0.1, -0.05) is 45.4 Å². The lowest BCUT2D eigenvalue weighted by molar-refractivity contribution is -0.152. The molecule has 1 aromatic carbocycles. The molecule has 238 valence electrons. The van der Waals surface area contributed by atoms with E-state index in [9.17, 15) is 14.4 Å². The quantitative estimate of drug-likeness (QED) is 0.383. The fourth-order valence-electron chi connectivity index (χ4n) is 6.13. The summed E-state index contributed by atoms with van der Waals surface area (Å²) in [6.07, 6.45) is 10.3. The molecule has 9 nitrogen and oxygen atoms in total. The fraction of sp³-hybridized carbons (Fsp3) is 0.719. The van der Waals surface area contributed by atoms with Crippen LogP contribution in [-0.4, -0.2) is 79.8 Å². The third kappa shape index (κ3) is 9.85. The van der Waals surface area contributed by atoms with Crippen LogP contribution in [0.15, 0.2) is 24.3 Å². The molecule has 1 heterocycles. The number of amides is 1. The van der Waals surface area contributed by atoms with E-state index in [-0.39, 0.29) is 30.3 Å². The van der Waals surface area contributed by atoms with Gasteiger partial charge < -0.3 is 25.4 Å². The minimum Gasteiger partial charge on any atom is -0.465 e. The van der Waals surface area contributed by atoms with Crippen LogP contribution in [0.5, 0.6) is 0 Å². The van der Waals surface area contributed by atoms with Crippen LogP contribution >= 0.6 is 12.4 Å². The summed E-state index contributed by atoms with van der Waals surface area (Å²) in [5.41, 5.74) is 6.11. The number of nitrogens with zero attached hydrogens (tertiary/aromatic N) is 2. The van der Waals surface area contributed by atoms with Gasteiger partial charge in [-0.2, -0.15) is 0 Å². The van der Waals surface area contributed by atoms with Crippen molar-refractivity contribution in [1.82, 2.24) is 10.2 Å². The fourth-order valence-corrected chi connectivity index (χ4v) is 6.13. The number of hydrogen-bond donors (Lipinski definition) is 2. The predicted octanol–water partition coefficient (Wildman–Crippen LogP) is 4.85. The number of piperazine rings is 1. The molecule has 0 radical (unpaired) electrons. The van der Waals surface area contributed by atoms with Crippen LogP contribution in [0, 0.1) is 0 Å². The number of nitrogens with two attached hydrogens (primary N) is 1. The Morgan fingerprint density at radius 2 is 1.31 bits per heavy atom. The number of esters is 2. The minimum absolute atomic E-state index is 0. The van der Waals surface area contributed by atoms with Gasteiger partial charge in [-0.3, -0.25) is 14.5 Å². The highest BCUT2D eigenvalue weighted by Crippen LogP contribution is 2.30. The molecule has 42 heavy (non-hydrogen) atoms. The van der Waals surface area contributed by atoms with E-state index in [1.54, 1.807) is 6.92 Å². The van der Waals surface area contributed by atoms with Gasteiger partial charge in [-0.15, -0.1) is 12.4 Å². The second-order valence-corrected chi connectivity index (χ2v) is 11.6. The number of nitrogens with one attached hydrogen (secondary N) is 1. The van der Waals surface area contributed by atoms with Crippen molar-refractivity contribution in [3.05, 3.63) is 29.8 Å². The summed E-state index contributed by atoms with van der Waals surface area (Å²) in [7, 11) is 0. The number of hydrogen-bond acceptors (Lipinski definition) is 8. The van der Waals surface area contributed by atoms with Crippen molar-refractivity contribution in [1.29, 1.82) is 0 Å². The number of halogens is 1. The van der Waals surface area contributed by atoms with Gasteiger partial charge >= 0.3 is 11.9 Å². The maximum absolute atomic E-state index is 12.9. The van der Waals surface area contributed by atoms with Crippen molar-refractivity contribution in [3.63, 3.8) is 0 Å². The average molecular weight is 609 g/mol. The molecule has 2 saturated carbocycles. The van der Waals surface area contributed by atoms with Gasteiger partial charge in [0.2, 0.25) is 0 Å². The Balaban J connectivity index is 0.000000399. The third-order valence-corrected chi connectivity index (χ3v) is 8.56. The number of carbonyl (C=O) groups is 3. The molecule has 4 rings (SSSR count). The highest BCUT2D eigenvalue weighted by molar-refractivity contribution is 5.98. The summed E-state index contributed by atoms with van der Waals surface area (Å²) in [6, 6.07) is 7.76. The molecule has 10 heteroatoms. The van der Waals surface area contributed by atoms with E-state index < -0.39 is 11.1 Å². The Morgan fingerprint density at radius 1 is 0.786 bits per heavy atom. The molecular weight excluding hydrogens is 556 g/mol.